The summed E-state index contributed by atoms with van der Waals surface area (Å²) in [6.07, 6.45) is 1.19. The van der Waals surface area contributed by atoms with Gasteiger partial charge in [-0.1, -0.05) is 37.3 Å². The summed E-state index contributed by atoms with van der Waals surface area (Å²) in [6, 6.07) is 10.7. The van der Waals surface area contributed by atoms with E-state index in [4.69, 9.17) is 4.74 Å². The Labute approximate surface area is 105 Å². The lowest BCUT2D eigenvalue weighted by atomic mass is 9.99. The number of hydrogen-bond acceptors (Lipinski definition) is 2. The van der Waals surface area contributed by atoms with Crippen molar-refractivity contribution in [2.24, 2.45) is 0 Å². The summed E-state index contributed by atoms with van der Waals surface area (Å²) >= 11 is 0. The van der Waals surface area contributed by atoms with Gasteiger partial charge in [-0.3, -0.25) is 0 Å². The summed E-state index contributed by atoms with van der Waals surface area (Å²) in [7, 11) is 1.99. The summed E-state index contributed by atoms with van der Waals surface area (Å²) in [4.78, 5) is 0. The maximum absolute atomic E-state index is 6.13. The number of rotatable bonds is 5. The molecule has 96 valence electrons. The van der Waals surface area contributed by atoms with Crippen molar-refractivity contribution in [3.05, 3.63) is 35.9 Å². The summed E-state index contributed by atoms with van der Waals surface area (Å²) in [5, 5.41) is 3.37. The molecule has 0 fully saturated rings. The van der Waals surface area contributed by atoms with Crippen LogP contribution in [0.4, 0.5) is 0 Å². The molecule has 2 heteroatoms. The molecule has 1 rings (SSSR count). The van der Waals surface area contributed by atoms with Crippen LogP contribution in [0.15, 0.2) is 30.3 Å². The normalized spacial score (nSPS) is 15.6. The lowest BCUT2D eigenvalue weighted by Crippen LogP contribution is -2.36. The van der Waals surface area contributed by atoms with Crippen molar-refractivity contribution in [1.29, 1.82) is 0 Å². The minimum atomic E-state index is -0.107. The SMILES string of the molecule is CCC(OC(C)(C)C)C(NC)c1ccccc1. The van der Waals surface area contributed by atoms with E-state index in [1.54, 1.807) is 0 Å². The first kappa shape index (κ1) is 14.2. The second kappa shape index (κ2) is 6.18. The van der Waals surface area contributed by atoms with Gasteiger partial charge in [0, 0.05) is 0 Å². The summed E-state index contributed by atoms with van der Waals surface area (Å²) in [5.74, 6) is 0. The van der Waals surface area contributed by atoms with Crippen LogP contribution >= 0.6 is 0 Å². The van der Waals surface area contributed by atoms with Crippen molar-refractivity contribution in [2.75, 3.05) is 7.05 Å². The maximum atomic E-state index is 6.13. The summed E-state index contributed by atoms with van der Waals surface area (Å²) in [5.41, 5.74) is 1.18. The molecule has 0 radical (unpaired) electrons. The highest BCUT2D eigenvalue weighted by molar-refractivity contribution is 5.20. The van der Waals surface area contributed by atoms with Crippen molar-refractivity contribution in [3.63, 3.8) is 0 Å². The molecule has 2 nitrogen and oxygen atoms in total. The number of likely N-dealkylation sites (N-methyl/N-ethyl adjacent to an activating group) is 1. The lowest BCUT2D eigenvalue weighted by Gasteiger charge is -2.32. The molecule has 1 aromatic rings. The number of benzene rings is 1. The Morgan fingerprint density at radius 2 is 1.76 bits per heavy atom. The highest BCUT2D eigenvalue weighted by Gasteiger charge is 2.25. The average Bonchev–Trinajstić information content (AvgIpc) is 2.28. The second-order valence-electron chi connectivity index (χ2n) is 5.35. The predicted octanol–water partition coefficient (Wildman–Crippen LogP) is 3.54. The standard InChI is InChI=1S/C15H25NO/c1-6-13(17-15(2,3)4)14(16-5)12-10-8-7-9-11-12/h7-11,13-14,16H,6H2,1-5H3. The highest BCUT2D eigenvalue weighted by atomic mass is 16.5. The third-order valence-electron chi connectivity index (χ3n) is 2.75. The van der Waals surface area contributed by atoms with Gasteiger partial charge in [0.2, 0.25) is 0 Å². The van der Waals surface area contributed by atoms with Gasteiger partial charge in [0.05, 0.1) is 17.7 Å². The van der Waals surface area contributed by atoms with Crippen LogP contribution < -0.4 is 5.32 Å². The van der Waals surface area contributed by atoms with Gasteiger partial charge in [0.25, 0.3) is 0 Å². The van der Waals surface area contributed by atoms with Gasteiger partial charge < -0.3 is 10.1 Å². The molecule has 0 saturated heterocycles. The van der Waals surface area contributed by atoms with Gasteiger partial charge in [-0.15, -0.1) is 0 Å². The zero-order chi connectivity index (χ0) is 12.9. The fourth-order valence-electron chi connectivity index (χ4n) is 2.07. The smallest absolute Gasteiger partial charge is 0.0774 e. The quantitative estimate of drug-likeness (QED) is 0.843. The zero-order valence-electron chi connectivity index (χ0n) is 11.7. The van der Waals surface area contributed by atoms with Crippen molar-refractivity contribution in [3.8, 4) is 0 Å². The second-order valence-corrected chi connectivity index (χ2v) is 5.35. The molecule has 0 heterocycles. The largest absolute Gasteiger partial charge is 0.371 e. The third kappa shape index (κ3) is 4.49. The van der Waals surface area contributed by atoms with Gasteiger partial charge in [-0.05, 0) is 39.8 Å². The summed E-state index contributed by atoms with van der Waals surface area (Å²) < 4.78 is 6.13. The zero-order valence-corrected chi connectivity index (χ0v) is 11.7. The van der Waals surface area contributed by atoms with Crippen LogP contribution in [0.25, 0.3) is 0 Å². The molecule has 0 saturated carbocycles. The van der Waals surface area contributed by atoms with E-state index >= 15 is 0 Å². The number of nitrogens with one attached hydrogen (secondary N) is 1. The Morgan fingerprint density at radius 1 is 1.18 bits per heavy atom. The van der Waals surface area contributed by atoms with E-state index in [0.29, 0.717) is 0 Å². The Balaban J connectivity index is 2.84. The van der Waals surface area contributed by atoms with E-state index in [-0.39, 0.29) is 17.7 Å². The van der Waals surface area contributed by atoms with Gasteiger partial charge in [-0.25, -0.2) is 0 Å². The molecule has 2 atom stereocenters. The predicted molar refractivity (Wildman–Crippen MR) is 73.2 cm³/mol. The van der Waals surface area contributed by atoms with Crippen molar-refractivity contribution in [2.45, 2.75) is 51.9 Å². The van der Waals surface area contributed by atoms with Gasteiger partial charge >= 0.3 is 0 Å². The number of hydrogen-bond donors (Lipinski definition) is 1. The molecule has 0 aliphatic rings. The minimum absolute atomic E-state index is 0.107. The Kier molecular flexibility index (Phi) is 5.16. The molecule has 17 heavy (non-hydrogen) atoms. The molecule has 0 aromatic heterocycles. The Hall–Kier alpha value is -0.860. The van der Waals surface area contributed by atoms with E-state index in [1.807, 2.05) is 13.1 Å². The van der Waals surface area contributed by atoms with Crippen LogP contribution in [-0.4, -0.2) is 18.8 Å². The maximum Gasteiger partial charge on any atom is 0.0774 e. The van der Waals surface area contributed by atoms with Crippen LogP contribution in [0.5, 0.6) is 0 Å². The molecule has 0 bridgehead atoms. The molecule has 1 aromatic carbocycles. The van der Waals surface area contributed by atoms with Crippen molar-refractivity contribution in [1.82, 2.24) is 5.32 Å². The molecule has 0 aliphatic heterocycles. The molecular weight excluding hydrogens is 210 g/mol. The number of ether oxygens (including phenoxy) is 1. The fourth-order valence-corrected chi connectivity index (χ4v) is 2.07. The van der Waals surface area contributed by atoms with E-state index in [1.165, 1.54) is 5.56 Å². The van der Waals surface area contributed by atoms with Gasteiger partial charge in [-0.2, -0.15) is 0 Å². The lowest BCUT2D eigenvalue weighted by molar-refractivity contribution is -0.0762. The fraction of sp³-hybridized carbons (Fsp3) is 0.600. The first-order valence-corrected chi connectivity index (χ1v) is 6.38. The molecule has 1 N–H and O–H groups in total. The average molecular weight is 235 g/mol. The third-order valence-corrected chi connectivity index (χ3v) is 2.75. The minimum Gasteiger partial charge on any atom is -0.371 e. The van der Waals surface area contributed by atoms with Crippen molar-refractivity contribution < 1.29 is 4.74 Å². The van der Waals surface area contributed by atoms with Gasteiger partial charge in [0.15, 0.2) is 0 Å². The van der Waals surface area contributed by atoms with E-state index in [9.17, 15) is 0 Å². The van der Waals surface area contributed by atoms with Crippen LogP contribution in [0, 0.1) is 0 Å². The van der Waals surface area contributed by atoms with Crippen molar-refractivity contribution >= 4 is 0 Å². The van der Waals surface area contributed by atoms with Crippen LogP contribution in [0.3, 0.4) is 0 Å². The first-order chi connectivity index (χ1) is 7.98. The summed E-state index contributed by atoms with van der Waals surface area (Å²) in [6.45, 7) is 8.48. The van der Waals surface area contributed by atoms with E-state index < -0.39 is 0 Å². The topological polar surface area (TPSA) is 21.3 Å². The molecule has 2 unspecified atom stereocenters. The van der Waals surface area contributed by atoms with Crippen LogP contribution in [0.1, 0.15) is 45.7 Å². The van der Waals surface area contributed by atoms with Crippen LogP contribution in [-0.2, 0) is 4.74 Å². The van der Waals surface area contributed by atoms with E-state index in [0.717, 1.165) is 6.42 Å². The Morgan fingerprint density at radius 3 is 2.18 bits per heavy atom. The van der Waals surface area contributed by atoms with Crippen LogP contribution in [0.2, 0.25) is 0 Å². The van der Waals surface area contributed by atoms with E-state index in [2.05, 4.69) is 57.3 Å². The monoisotopic (exact) mass is 235 g/mol. The highest BCUT2D eigenvalue weighted by Crippen LogP contribution is 2.25. The molecule has 0 spiro atoms. The molecule has 0 amide bonds. The Bertz CT molecular complexity index is 315. The van der Waals surface area contributed by atoms with Gasteiger partial charge in [0.1, 0.15) is 0 Å². The molecular formula is C15H25NO. The first-order valence-electron chi connectivity index (χ1n) is 6.38. The molecule has 0 aliphatic carbocycles.